The molecule has 2 aromatic rings. The molecule has 7 heteroatoms. The highest BCUT2D eigenvalue weighted by atomic mass is 32.1. The van der Waals surface area contributed by atoms with Crippen LogP contribution in [0.5, 0.6) is 0 Å². The van der Waals surface area contributed by atoms with E-state index in [4.69, 9.17) is 18.0 Å². The molecule has 0 saturated carbocycles. The van der Waals surface area contributed by atoms with Crippen molar-refractivity contribution in [3.8, 4) is 0 Å². The summed E-state index contributed by atoms with van der Waals surface area (Å²) in [5.41, 5.74) is 7.11. The van der Waals surface area contributed by atoms with E-state index in [0.29, 0.717) is 17.4 Å². The average molecular weight is 262 g/mol. The summed E-state index contributed by atoms with van der Waals surface area (Å²) in [7, 11) is 0. The Morgan fingerprint density at radius 3 is 2.89 bits per heavy atom. The van der Waals surface area contributed by atoms with E-state index in [1.165, 1.54) is 0 Å². The lowest BCUT2D eigenvalue weighted by atomic mass is 10.3. The number of anilines is 2. The van der Waals surface area contributed by atoms with E-state index in [1.54, 1.807) is 18.5 Å². The lowest BCUT2D eigenvalue weighted by molar-refractivity contribution is 0.532. The molecule has 0 aliphatic heterocycles. The summed E-state index contributed by atoms with van der Waals surface area (Å²) in [5, 5.41) is 15.1. The minimum Gasteiger partial charge on any atom is -0.389 e. The van der Waals surface area contributed by atoms with Crippen molar-refractivity contribution < 1.29 is 0 Å². The zero-order valence-electron chi connectivity index (χ0n) is 10.2. The van der Waals surface area contributed by atoms with E-state index in [1.807, 2.05) is 10.9 Å². The molecule has 2 rings (SSSR count). The molecule has 18 heavy (non-hydrogen) atoms. The number of nitrogens with two attached hydrogens (primary N) is 1. The van der Waals surface area contributed by atoms with Crippen LogP contribution in [0.15, 0.2) is 24.7 Å². The maximum absolute atomic E-state index is 5.62. The number of aromatic nitrogens is 4. The summed E-state index contributed by atoms with van der Waals surface area (Å²) in [5.74, 6) is 0.535. The number of hydrogen-bond acceptors (Lipinski definition) is 5. The molecule has 0 aliphatic rings. The summed E-state index contributed by atoms with van der Waals surface area (Å²) >= 11 is 4.96. The highest BCUT2D eigenvalue weighted by molar-refractivity contribution is 7.80. The first-order valence-electron chi connectivity index (χ1n) is 5.50. The largest absolute Gasteiger partial charge is 0.389 e. The van der Waals surface area contributed by atoms with Gasteiger partial charge in [-0.25, -0.2) is 0 Å². The van der Waals surface area contributed by atoms with E-state index in [-0.39, 0.29) is 4.99 Å². The van der Waals surface area contributed by atoms with Crippen LogP contribution in [-0.4, -0.2) is 25.0 Å². The quantitative estimate of drug-likeness (QED) is 0.815. The van der Waals surface area contributed by atoms with Crippen LogP contribution in [0, 0.1) is 0 Å². The third-order valence-corrected chi connectivity index (χ3v) is 2.60. The molecule has 0 bridgehead atoms. The SMILES string of the molecule is CC(C)n1cc(Nc2nnccc2C(N)=S)cn1. The third kappa shape index (κ3) is 2.62. The van der Waals surface area contributed by atoms with Crippen molar-refractivity contribution in [3.63, 3.8) is 0 Å². The van der Waals surface area contributed by atoms with Crippen molar-refractivity contribution in [1.82, 2.24) is 20.0 Å². The molecule has 0 aliphatic carbocycles. The third-order valence-electron chi connectivity index (χ3n) is 2.38. The van der Waals surface area contributed by atoms with Gasteiger partial charge in [0.15, 0.2) is 5.82 Å². The first-order chi connectivity index (χ1) is 8.58. The average Bonchev–Trinajstić information content (AvgIpc) is 2.78. The second-order valence-corrected chi connectivity index (χ2v) is 4.53. The summed E-state index contributed by atoms with van der Waals surface area (Å²) in [4.78, 5) is 0.281. The van der Waals surface area contributed by atoms with Crippen molar-refractivity contribution in [2.75, 3.05) is 5.32 Å². The van der Waals surface area contributed by atoms with Crippen LogP contribution in [0.1, 0.15) is 25.5 Å². The zero-order valence-corrected chi connectivity index (χ0v) is 11.0. The van der Waals surface area contributed by atoms with E-state index in [9.17, 15) is 0 Å². The molecule has 0 atom stereocenters. The van der Waals surface area contributed by atoms with E-state index in [2.05, 4.69) is 34.5 Å². The molecule has 0 aromatic carbocycles. The maximum atomic E-state index is 5.62. The smallest absolute Gasteiger partial charge is 0.163 e. The topological polar surface area (TPSA) is 81.7 Å². The Balaban J connectivity index is 2.25. The molecule has 0 radical (unpaired) electrons. The van der Waals surface area contributed by atoms with Crippen LogP contribution in [-0.2, 0) is 0 Å². The minimum absolute atomic E-state index is 0.281. The predicted octanol–water partition coefficient (Wildman–Crippen LogP) is 1.63. The van der Waals surface area contributed by atoms with Crippen molar-refractivity contribution in [3.05, 3.63) is 30.2 Å². The molecule has 3 N–H and O–H groups in total. The number of rotatable bonds is 4. The molecule has 2 heterocycles. The van der Waals surface area contributed by atoms with Crippen molar-refractivity contribution >= 4 is 28.7 Å². The molecule has 0 unspecified atom stereocenters. The van der Waals surface area contributed by atoms with Crippen molar-refractivity contribution in [2.24, 2.45) is 5.73 Å². The number of nitrogens with one attached hydrogen (secondary N) is 1. The number of thiocarbonyl (C=S) groups is 1. The summed E-state index contributed by atoms with van der Waals surface area (Å²) < 4.78 is 1.85. The highest BCUT2D eigenvalue weighted by Gasteiger charge is 2.08. The normalized spacial score (nSPS) is 10.6. The lowest BCUT2D eigenvalue weighted by Gasteiger charge is -2.07. The standard InChI is InChI=1S/C11H14N6S/c1-7(2)17-6-8(5-14-17)15-11-9(10(12)18)3-4-13-16-11/h3-7H,1-2H3,(H2,12,18)(H,15,16). The Labute approximate surface area is 110 Å². The first kappa shape index (κ1) is 12.4. The van der Waals surface area contributed by atoms with Crippen LogP contribution < -0.4 is 11.1 Å². The van der Waals surface area contributed by atoms with E-state index < -0.39 is 0 Å². The molecule has 0 fully saturated rings. The number of hydrogen-bond donors (Lipinski definition) is 2. The highest BCUT2D eigenvalue weighted by Crippen LogP contribution is 2.18. The molecule has 0 saturated heterocycles. The Hall–Kier alpha value is -2.02. The number of nitrogens with zero attached hydrogens (tertiary/aromatic N) is 4. The van der Waals surface area contributed by atoms with Gasteiger partial charge >= 0.3 is 0 Å². The van der Waals surface area contributed by atoms with Gasteiger partial charge in [0, 0.05) is 12.2 Å². The summed E-state index contributed by atoms with van der Waals surface area (Å²) in [6, 6.07) is 2.03. The molecular weight excluding hydrogens is 248 g/mol. The Kier molecular flexibility index (Phi) is 3.52. The van der Waals surface area contributed by atoms with Crippen LogP contribution in [0.2, 0.25) is 0 Å². The van der Waals surface area contributed by atoms with Crippen LogP contribution in [0.25, 0.3) is 0 Å². The van der Waals surface area contributed by atoms with Gasteiger partial charge in [0.25, 0.3) is 0 Å². The predicted molar refractivity (Wildman–Crippen MR) is 73.8 cm³/mol. The monoisotopic (exact) mass is 262 g/mol. The van der Waals surface area contributed by atoms with E-state index >= 15 is 0 Å². The Bertz CT molecular complexity index is 562. The Morgan fingerprint density at radius 1 is 1.50 bits per heavy atom. The summed E-state index contributed by atoms with van der Waals surface area (Å²) in [6.45, 7) is 4.11. The van der Waals surface area contributed by atoms with Gasteiger partial charge in [0.05, 0.1) is 23.6 Å². The fraction of sp³-hybridized carbons (Fsp3) is 0.273. The van der Waals surface area contributed by atoms with Gasteiger partial charge in [0.2, 0.25) is 0 Å². The second kappa shape index (κ2) is 5.09. The lowest BCUT2D eigenvalue weighted by Crippen LogP contribution is -2.13. The fourth-order valence-electron chi connectivity index (χ4n) is 1.44. The summed E-state index contributed by atoms with van der Waals surface area (Å²) in [6.07, 6.45) is 5.16. The second-order valence-electron chi connectivity index (χ2n) is 4.09. The van der Waals surface area contributed by atoms with Crippen LogP contribution in [0.3, 0.4) is 0 Å². The van der Waals surface area contributed by atoms with E-state index in [0.717, 1.165) is 5.69 Å². The maximum Gasteiger partial charge on any atom is 0.163 e. The molecule has 94 valence electrons. The minimum atomic E-state index is 0.281. The van der Waals surface area contributed by atoms with Gasteiger partial charge in [-0.1, -0.05) is 12.2 Å². The van der Waals surface area contributed by atoms with Gasteiger partial charge < -0.3 is 11.1 Å². The first-order valence-corrected chi connectivity index (χ1v) is 5.91. The van der Waals surface area contributed by atoms with Gasteiger partial charge in [-0.2, -0.15) is 10.2 Å². The van der Waals surface area contributed by atoms with Gasteiger partial charge in [0.1, 0.15) is 4.99 Å². The molecule has 0 spiro atoms. The molecule has 0 amide bonds. The van der Waals surface area contributed by atoms with Crippen LogP contribution >= 0.6 is 12.2 Å². The van der Waals surface area contributed by atoms with Crippen LogP contribution in [0.4, 0.5) is 11.5 Å². The van der Waals surface area contributed by atoms with Gasteiger partial charge in [-0.05, 0) is 19.9 Å². The molecule has 6 nitrogen and oxygen atoms in total. The van der Waals surface area contributed by atoms with Gasteiger partial charge in [-0.3, -0.25) is 4.68 Å². The van der Waals surface area contributed by atoms with Gasteiger partial charge in [-0.15, -0.1) is 5.10 Å². The Morgan fingerprint density at radius 2 is 2.28 bits per heavy atom. The molecule has 2 aromatic heterocycles. The molecular formula is C11H14N6S. The zero-order chi connectivity index (χ0) is 13.1. The fourth-order valence-corrected chi connectivity index (χ4v) is 1.61. The van der Waals surface area contributed by atoms with Crippen molar-refractivity contribution in [2.45, 2.75) is 19.9 Å². The van der Waals surface area contributed by atoms with Crippen molar-refractivity contribution in [1.29, 1.82) is 0 Å².